The minimum Gasteiger partial charge on any atom is -0.493 e. The summed E-state index contributed by atoms with van der Waals surface area (Å²) >= 11 is 0. The molecule has 4 rings (SSSR count). The Balaban J connectivity index is 1.22. The van der Waals surface area contributed by atoms with Gasteiger partial charge in [-0.25, -0.2) is 0 Å². The number of hydrogen-bond donors (Lipinski definition) is 0. The van der Waals surface area contributed by atoms with Crippen LogP contribution in [0.2, 0.25) is 0 Å². The fourth-order valence-corrected chi connectivity index (χ4v) is 4.92. The molecule has 0 unspecified atom stereocenters. The molecule has 3 heterocycles. The summed E-state index contributed by atoms with van der Waals surface area (Å²) < 4.78 is 10.7. The van der Waals surface area contributed by atoms with Gasteiger partial charge in [0.25, 0.3) is 0 Å². The number of esters is 1. The third-order valence-corrected chi connectivity index (χ3v) is 6.90. The van der Waals surface area contributed by atoms with Gasteiger partial charge in [0.1, 0.15) is 5.75 Å². The first kappa shape index (κ1) is 22.1. The highest BCUT2D eigenvalue weighted by Crippen LogP contribution is 2.26. The zero-order chi connectivity index (χ0) is 21.8. The molecule has 1 aromatic rings. The Morgan fingerprint density at radius 1 is 1.13 bits per heavy atom. The molecule has 7 heteroatoms. The number of benzene rings is 1. The minimum absolute atomic E-state index is 0.0615. The van der Waals surface area contributed by atoms with Gasteiger partial charge < -0.3 is 14.4 Å². The van der Waals surface area contributed by atoms with Crippen LogP contribution >= 0.6 is 0 Å². The molecular weight excluding hydrogens is 394 g/mol. The van der Waals surface area contributed by atoms with E-state index >= 15 is 0 Å². The predicted octanol–water partition coefficient (Wildman–Crippen LogP) is 1.93. The van der Waals surface area contributed by atoms with E-state index in [1.54, 1.807) is 0 Å². The van der Waals surface area contributed by atoms with E-state index in [1.165, 1.54) is 11.1 Å². The van der Waals surface area contributed by atoms with E-state index < -0.39 is 0 Å². The lowest BCUT2D eigenvalue weighted by atomic mass is 9.96. The highest BCUT2D eigenvalue weighted by Gasteiger charge is 2.33. The third-order valence-electron chi connectivity index (χ3n) is 6.90. The summed E-state index contributed by atoms with van der Waals surface area (Å²) in [6.45, 7) is 11.1. The van der Waals surface area contributed by atoms with Crippen LogP contribution in [-0.4, -0.2) is 85.1 Å². The Morgan fingerprint density at radius 2 is 1.87 bits per heavy atom. The Kier molecular flexibility index (Phi) is 7.13. The molecule has 1 atom stereocenters. The molecule has 0 bridgehead atoms. The number of rotatable bonds is 6. The minimum atomic E-state index is -0.116. The van der Waals surface area contributed by atoms with Gasteiger partial charge in [-0.2, -0.15) is 0 Å². The van der Waals surface area contributed by atoms with Crippen molar-refractivity contribution in [3.63, 3.8) is 0 Å². The summed E-state index contributed by atoms with van der Waals surface area (Å²) in [5.41, 5.74) is 2.66. The molecule has 0 N–H and O–H groups in total. The van der Waals surface area contributed by atoms with Crippen molar-refractivity contribution in [2.45, 2.75) is 45.7 Å². The standard InChI is InChI=1S/C24H35N3O4/c1-3-30-24(29)20-6-9-27(10-7-20)23(28)18(2)26-13-11-25(12-14-26)17-19-4-5-22-21(16-19)8-15-31-22/h4-5,16,18,20H,3,6-15,17H2,1-2H3/t18-/m1/s1. The van der Waals surface area contributed by atoms with Gasteiger partial charge in [-0.3, -0.25) is 19.4 Å². The molecule has 7 nitrogen and oxygen atoms in total. The molecule has 0 aromatic heterocycles. The second-order valence-corrected chi connectivity index (χ2v) is 8.88. The molecule has 170 valence electrons. The van der Waals surface area contributed by atoms with Gasteiger partial charge in [0.05, 0.1) is 25.2 Å². The molecule has 1 aromatic carbocycles. The lowest BCUT2D eigenvalue weighted by Crippen LogP contribution is -2.55. The van der Waals surface area contributed by atoms with Crippen LogP contribution in [-0.2, 0) is 27.3 Å². The van der Waals surface area contributed by atoms with Crippen molar-refractivity contribution >= 4 is 11.9 Å². The molecule has 1 amide bonds. The monoisotopic (exact) mass is 429 g/mol. The van der Waals surface area contributed by atoms with Crippen LogP contribution < -0.4 is 4.74 Å². The molecule has 31 heavy (non-hydrogen) atoms. The smallest absolute Gasteiger partial charge is 0.309 e. The molecule has 0 spiro atoms. The number of fused-ring (bicyclic) bond motifs is 1. The van der Waals surface area contributed by atoms with E-state index in [-0.39, 0.29) is 23.8 Å². The number of amides is 1. The van der Waals surface area contributed by atoms with Crippen molar-refractivity contribution in [1.29, 1.82) is 0 Å². The molecule has 0 aliphatic carbocycles. The first-order valence-corrected chi connectivity index (χ1v) is 11.7. The average Bonchev–Trinajstić information content (AvgIpc) is 3.27. The van der Waals surface area contributed by atoms with Crippen LogP contribution in [0.5, 0.6) is 5.75 Å². The normalized spacial score (nSPS) is 21.4. The molecule has 2 fully saturated rings. The Morgan fingerprint density at radius 3 is 2.58 bits per heavy atom. The first-order valence-electron chi connectivity index (χ1n) is 11.7. The Bertz CT molecular complexity index is 783. The summed E-state index contributed by atoms with van der Waals surface area (Å²) in [6, 6.07) is 6.43. The number of likely N-dealkylation sites (tertiary alicyclic amines) is 1. The van der Waals surface area contributed by atoms with Gasteiger partial charge in [0.15, 0.2) is 0 Å². The second kappa shape index (κ2) is 10.0. The fourth-order valence-electron chi connectivity index (χ4n) is 4.92. The molecule has 2 saturated heterocycles. The average molecular weight is 430 g/mol. The largest absolute Gasteiger partial charge is 0.493 e. The van der Waals surface area contributed by atoms with Crippen molar-refractivity contribution in [2.75, 3.05) is 52.5 Å². The number of carbonyl (C=O) groups is 2. The van der Waals surface area contributed by atoms with E-state index in [1.807, 2.05) is 18.7 Å². The van der Waals surface area contributed by atoms with Gasteiger partial charge >= 0.3 is 5.97 Å². The van der Waals surface area contributed by atoms with Gasteiger partial charge in [0, 0.05) is 52.2 Å². The van der Waals surface area contributed by atoms with Crippen molar-refractivity contribution in [2.24, 2.45) is 5.92 Å². The Labute approximate surface area is 185 Å². The summed E-state index contributed by atoms with van der Waals surface area (Å²) in [5.74, 6) is 1.05. The maximum Gasteiger partial charge on any atom is 0.309 e. The summed E-state index contributed by atoms with van der Waals surface area (Å²) in [7, 11) is 0. The SMILES string of the molecule is CCOC(=O)C1CCN(C(=O)[C@@H](C)N2CCN(Cc3ccc4c(c3)CCO4)CC2)CC1. The highest BCUT2D eigenvalue weighted by molar-refractivity contribution is 5.82. The van der Waals surface area contributed by atoms with Crippen LogP contribution in [0.3, 0.4) is 0 Å². The first-order chi connectivity index (χ1) is 15.0. The maximum atomic E-state index is 13.0. The van der Waals surface area contributed by atoms with E-state index in [0.717, 1.165) is 51.5 Å². The van der Waals surface area contributed by atoms with Crippen LogP contribution in [0.1, 0.15) is 37.8 Å². The summed E-state index contributed by atoms with van der Waals surface area (Å²) in [6.07, 6.45) is 2.42. The second-order valence-electron chi connectivity index (χ2n) is 8.88. The molecule has 3 aliphatic rings. The fraction of sp³-hybridized carbons (Fsp3) is 0.667. The quantitative estimate of drug-likeness (QED) is 0.644. The van der Waals surface area contributed by atoms with Gasteiger partial charge in [0.2, 0.25) is 5.91 Å². The Hall–Kier alpha value is -2.12. The van der Waals surface area contributed by atoms with E-state index in [4.69, 9.17) is 9.47 Å². The summed E-state index contributed by atoms with van der Waals surface area (Å²) in [4.78, 5) is 31.6. The van der Waals surface area contributed by atoms with Crippen LogP contribution in [0.4, 0.5) is 0 Å². The lowest BCUT2D eigenvalue weighted by molar-refractivity contribution is -0.152. The van der Waals surface area contributed by atoms with E-state index in [2.05, 4.69) is 28.0 Å². The number of carbonyl (C=O) groups excluding carboxylic acids is 2. The van der Waals surface area contributed by atoms with Crippen LogP contribution in [0.15, 0.2) is 18.2 Å². The van der Waals surface area contributed by atoms with Crippen molar-refractivity contribution in [3.05, 3.63) is 29.3 Å². The van der Waals surface area contributed by atoms with Gasteiger partial charge in [-0.05, 0) is 43.9 Å². The number of hydrogen-bond acceptors (Lipinski definition) is 6. The molecule has 0 radical (unpaired) electrons. The number of piperidine rings is 1. The van der Waals surface area contributed by atoms with E-state index in [9.17, 15) is 9.59 Å². The van der Waals surface area contributed by atoms with Crippen molar-refractivity contribution in [1.82, 2.24) is 14.7 Å². The number of ether oxygens (including phenoxy) is 2. The highest BCUT2D eigenvalue weighted by atomic mass is 16.5. The molecular formula is C24H35N3O4. The van der Waals surface area contributed by atoms with Crippen LogP contribution in [0.25, 0.3) is 0 Å². The topological polar surface area (TPSA) is 62.3 Å². The maximum absolute atomic E-state index is 13.0. The van der Waals surface area contributed by atoms with Gasteiger partial charge in [-0.1, -0.05) is 12.1 Å². The van der Waals surface area contributed by atoms with Crippen molar-refractivity contribution < 1.29 is 19.1 Å². The van der Waals surface area contributed by atoms with E-state index in [0.29, 0.717) is 32.5 Å². The van der Waals surface area contributed by atoms with Gasteiger partial charge in [-0.15, -0.1) is 0 Å². The predicted molar refractivity (Wildman–Crippen MR) is 118 cm³/mol. The van der Waals surface area contributed by atoms with Crippen molar-refractivity contribution in [3.8, 4) is 5.75 Å². The number of nitrogens with zero attached hydrogens (tertiary/aromatic N) is 3. The lowest BCUT2D eigenvalue weighted by Gasteiger charge is -2.40. The third kappa shape index (κ3) is 5.21. The zero-order valence-electron chi connectivity index (χ0n) is 18.8. The zero-order valence-corrected chi connectivity index (χ0v) is 18.8. The molecule has 3 aliphatic heterocycles. The number of piperazine rings is 1. The van der Waals surface area contributed by atoms with Crippen LogP contribution in [0, 0.1) is 5.92 Å². The molecule has 0 saturated carbocycles. The summed E-state index contributed by atoms with van der Waals surface area (Å²) in [5, 5.41) is 0.